The van der Waals surface area contributed by atoms with E-state index in [-0.39, 0.29) is 0 Å². The van der Waals surface area contributed by atoms with Gasteiger partial charge in [0.2, 0.25) is 0 Å². The van der Waals surface area contributed by atoms with Gasteiger partial charge < -0.3 is 14.2 Å². The summed E-state index contributed by atoms with van der Waals surface area (Å²) in [6.07, 6.45) is -1.89. The lowest BCUT2D eigenvalue weighted by atomic mass is 10.3. The van der Waals surface area contributed by atoms with Crippen molar-refractivity contribution in [3.8, 4) is 0 Å². The summed E-state index contributed by atoms with van der Waals surface area (Å²) in [6.45, 7) is 4.82. The lowest BCUT2D eigenvalue weighted by molar-refractivity contribution is -0.413. The SMILES string of the molecule is COC(C)OOB(OOC(C)OC)OOC(C)OC. The van der Waals surface area contributed by atoms with Crippen molar-refractivity contribution >= 4 is 7.32 Å². The summed E-state index contributed by atoms with van der Waals surface area (Å²) in [6, 6.07) is 0. The zero-order chi connectivity index (χ0) is 14.7. The maximum Gasteiger partial charge on any atom is 0.725 e. The molecule has 10 heteroatoms. The molecule has 0 aromatic carbocycles. The number of methoxy groups -OCH3 is 3. The van der Waals surface area contributed by atoms with Crippen LogP contribution < -0.4 is 0 Å². The molecule has 0 rings (SSSR count). The van der Waals surface area contributed by atoms with Gasteiger partial charge in [-0.25, -0.2) is 29.1 Å². The predicted octanol–water partition coefficient (Wildman–Crippen LogP) is 0.793. The Hall–Kier alpha value is -0.295. The maximum absolute atomic E-state index is 4.80. The molecular formula is C9H21BO9. The first kappa shape index (κ1) is 18.7. The summed E-state index contributed by atoms with van der Waals surface area (Å²) in [5.74, 6) is 0. The molecule has 3 atom stereocenters. The number of rotatable bonds is 12. The number of ether oxygens (including phenoxy) is 3. The van der Waals surface area contributed by atoms with Gasteiger partial charge in [0.25, 0.3) is 0 Å². The lowest BCUT2D eigenvalue weighted by Gasteiger charge is -2.17. The van der Waals surface area contributed by atoms with Gasteiger partial charge in [-0.05, 0) is 20.8 Å². The molecule has 0 saturated heterocycles. The van der Waals surface area contributed by atoms with E-state index in [9.17, 15) is 0 Å². The second kappa shape index (κ2) is 11.5. The lowest BCUT2D eigenvalue weighted by Crippen LogP contribution is -2.33. The fraction of sp³-hybridized carbons (Fsp3) is 1.00. The van der Waals surface area contributed by atoms with Gasteiger partial charge in [-0.3, -0.25) is 0 Å². The molecular weight excluding hydrogens is 263 g/mol. The summed E-state index contributed by atoms with van der Waals surface area (Å²) in [7, 11) is 2.92. The van der Waals surface area contributed by atoms with E-state index in [4.69, 9.17) is 43.3 Å². The molecule has 0 amide bonds. The molecule has 0 radical (unpaired) electrons. The highest BCUT2D eigenvalue weighted by molar-refractivity contribution is 6.35. The van der Waals surface area contributed by atoms with Crippen LogP contribution in [0.2, 0.25) is 0 Å². The number of hydrogen-bond acceptors (Lipinski definition) is 9. The van der Waals surface area contributed by atoms with E-state index in [0.717, 1.165) is 0 Å². The molecule has 114 valence electrons. The van der Waals surface area contributed by atoms with E-state index in [2.05, 4.69) is 0 Å². The van der Waals surface area contributed by atoms with E-state index in [1.165, 1.54) is 21.3 Å². The summed E-state index contributed by atoms with van der Waals surface area (Å²) in [5.41, 5.74) is 0. The first-order valence-corrected chi connectivity index (χ1v) is 5.58. The molecule has 0 fully saturated rings. The van der Waals surface area contributed by atoms with Gasteiger partial charge in [0, 0.05) is 21.3 Å². The van der Waals surface area contributed by atoms with Gasteiger partial charge >= 0.3 is 7.32 Å². The largest absolute Gasteiger partial charge is 0.725 e. The fourth-order valence-corrected chi connectivity index (χ4v) is 0.537. The average Bonchev–Trinajstić information content (AvgIpc) is 2.44. The predicted molar refractivity (Wildman–Crippen MR) is 61.7 cm³/mol. The Kier molecular flexibility index (Phi) is 11.3. The van der Waals surface area contributed by atoms with Crippen molar-refractivity contribution in [3.05, 3.63) is 0 Å². The Balaban J connectivity index is 4.06. The second-order valence-electron chi connectivity index (χ2n) is 3.28. The first-order valence-electron chi connectivity index (χ1n) is 5.58. The van der Waals surface area contributed by atoms with Crippen molar-refractivity contribution < 1.29 is 43.3 Å². The standard InChI is InChI=1S/C9H21BO9/c1-7(11-4)14-17-10(18-15-8(2)12-5)19-16-9(3)13-6/h7-9H,1-6H3. The molecule has 0 aromatic rings. The van der Waals surface area contributed by atoms with Crippen molar-refractivity contribution in [2.24, 2.45) is 0 Å². The third-order valence-corrected chi connectivity index (χ3v) is 1.80. The first-order chi connectivity index (χ1) is 9.03. The summed E-state index contributed by atoms with van der Waals surface area (Å²) in [5, 5.41) is 0. The Morgan fingerprint density at radius 3 is 1.05 bits per heavy atom. The van der Waals surface area contributed by atoms with Crippen LogP contribution >= 0.6 is 0 Å². The van der Waals surface area contributed by atoms with Crippen LogP contribution in [0.15, 0.2) is 0 Å². The van der Waals surface area contributed by atoms with Gasteiger partial charge in [-0.15, -0.1) is 0 Å². The van der Waals surface area contributed by atoms with Crippen molar-refractivity contribution in [1.82, 2.24) is 0 Å². The topological polar surface area (TPSA) is 83.1 Å². The molecule has 0 spiro atoms. The van der Waals surface area contributed by atoms with Crippen LogP contribution in [0.4, 0.5) is 0 Å². The Bertz CT molecular complexity index is 175. The van der Waals surface area contributed by atoms with Crippen molar-refractivity contribution in [2.75, 3.05) is 21.3 Å². The highest BCUT2D eigenvalue weighted by atomic mass is 17.4. The van der Waals surface area contributed by atoms with Crippen molar-refractivity contribution in [1.29, 1.82) is 0 Å². The van der Waals surface area contributed by atoms with Gasteiger partial charge in [0.05, 0.1) is 0 Å². The minimum atomic E-state index is -1.41. The minimum Gasteiger partial charge on any atom is -0.353 e. The highest BCUT2D eigenvalue weighted by Crippen LogP contribution is 2.04. The van der Waals surface area contributed by atoms with E-state index in [1.807, 2.05) is 0 Å². The molecule has 0 heterocycles. The molecule has 3 unspecified atom stereocenters. The quantitative estimate of drug-likeness (QED) is 0.223. The monoisotopic (exact) mass is 284 g/mol. The van der Waals surface area contributed by atoms with Gasteiger partial charge in [-0.1, -0.05) is 0 Å². The smallest absolute Gasteiger partial charge is 0.353 e. The summed E-state index contributed by atoms with van der Waals surface area (Å²) < 4.78 is 14.4. The third kappa shape index (κ3) is 10.2. The molecule has 19 heavy (non-hydrogen) atoms. The third-order valence-electron chi connectivity index (χ3n) is 1.80. The van der Waals surface area contributed by atoms with Crippen LogP contribution in [0.1, 0.15) is 20.8 Å². The highest BCUT2D eigenvalue weighted by Gasteiger charge is 2.30. The van der Waals surface area contributed by atoms with Crippen molar-refractivity contribution in [3.63, 3.8) is 0 Å². The molecule has 0 aliphatic rings. The second-order valence-corrected chi connectivity index (χ2v) is 3.28. The van der Waals surface area contributed by atoms with Gasteiger partial charge in [-0.2, -0.15) is 0 Å². The van der Waals surface area contributed by atoms with E-state index in [1.54, 1.807) is 20.8 Å². The van der Waals surface area contributed by atoms with E-state index < -0.39 is 26.2 Å². The summed E-state index contributed by atoms with van der Waals surface area (Å²) >= 11 is 0. The van der Waals surface area contributed by atoms with Crippen LogP contribution in [0, 0.1) is 0 Å². The zero-order valence-corrected chi connectivity index (χ0v) is 12.0. The Morgan fingerprint density at radius 1 is 0.579 bits per heavy atom. The van der Waals surface area contributed by atoms with Crippen molar-refractivity contribution in [2.45, 2.75) is 39.6 Å². The normalized spacial score (nSPS) is 16.1. The zero-order valence-electron chi connectivity index (χ0n) is 12.0. The molecule has 0 aliphatic heterocycles. The van der Waals surface area contributed by atoms with Crippen LogP contribution in [-0.2, 0) is 43.3 Å². The van der Waals surface area contributed by atoms with Crippen LogP contribution in [0.5, 0.6) is 0 Å². The van der Waals surface area contributed by atoms with Gasteiger partial charge in [0.1, 0.15) is 0 Å². The Morgan fingerprint density at radius 2 is 0.842 bits per heavy atom. The average molecular weight is 284 g/mol. The van der Waals surface area contributed by atoms with Crippen LogP contribution in [-0.4, -0.2) is 47.5 Å². The van der Waals surface area contributed by atoms with Crippen LogP contribution in [0.3, 0.4) is 0 Å². The molecule has 0 saturated carbocycles. The summed E-state index contributed by atoms with van der Waals surface area (Å²) in [4.78, 5) is 28.6. The Labute approximate surface area is 112 Å². The molecule has 0 N–H and O–H groups in total. The molecule has 0 bridgehead atoms. The molecule has 0 aliphatic carbocycles. The van der Waals surface area contributed by atoms with Crippen LogP contribution in [0.25, 0.3) is 0 Å². The van der Waals surface area contributed by atoms with E-state index in [0.29, 0.717) is 0 Å². The van der Waals surface area contributed by atoms with E-state index >= 15 is 0 Å². The fourth-order valence-electron chi connectivity index (χ4n) is 0.537. The maximum atomic E-state index is 4.80. The molecule has 0 aromatic heterocycles. The minimum absolute atomic E-state index is 0.630. The molecule has 9 nitrogen and oxygen atoms in total. The number of hydrogen-bond donors (Lipinski definition) is 0. The van der Waals surface area contributed by atoms with Gasteiger partial charge in [0.15, 0.2) is 18.9 Å².